The zero-order valence-corrected chi connectivity index (χ0v) is 21.4. The molecule has 1 heterocycles. The number of anilines is 1. The summed E-state index contributed by atoms with van der Waals surface area (Å²) in [6.45, 7) is 2.59. The molecule has 2 aromatic rings. The Bertz CT molecular complexity index is 1550. The van der Waals surface area contributed by atoms with E-state index < -0.39 is 5.97 Å². The molecule has 4 rings (SSSR count). The molecule has 0 atom stereocenters. The monoisotopic (exact) mass is 534 g/mol. The van der Waals surface area contributed by atoms with Crippen molar-refractivity contribution >= 4 is 46.2 Å². The minimum Gasteiger partial charge on any atom is -0.508 e. The number of carboxylic acids is 1. The van der Waals surface area contributed by atoms with Crippen molar-refractivity contribution in [3.8, 4) is 28.2 Å². The Labute approximate surface area is 222 Å². The summed E-state index contributed by atoms with van der Waals surface area (Å²) < 4.78 is 5.85. The molecule has 0 bridgehead atoms. The van der Waals surface area contributed by atoms with Gasteiger partial charge in [-0.1, -0.05) is 6.92 Å². The van der Waals surface area contributed by atoms with E-state index in [4.69, 9.17) is 4.42 Å². The van der Waals surface area contributed by atoms with Crippen LogP contribution in [0.15, 0.2) is 63.8 Å². The van der Waals surface area contributed by atoms with E-state index in [2.05, 4.69) is 10.6 Å². The van der Waals surface area contributed by atoms with E-state index in [0.29, 0.717) is 46.5 Å². The molecule has 1 aliphatic heterocycles. The average molecular weight is 535 g/mol. The SMILES string of the molecule is CCCNC(=O)CCSCC(=O)Nc1ccc(C(=O)O)c(-c2c3ccc(=O)cc-3oc3cc(O)ccc23)c1. The Hall–Kier alpha value is -4.31. The predicted octanol–water partition coefficient (Wildman–Crippen LogP) is 4.56. The van der Waals surface area contributed by atoms with Crippen molar-refractivity contribution in [2.24, 2.45) is 0 Å². The van der Waals surface area contributed by atoms with Crippen molar-refractivity contribution in [3.63, 3.8) is 0 Å². The van der Waals surface area contributed by atoms with Gasteiger partial charge in [0, 0.05) is 53.1 Å². The van der Waals surface area contributed by atoms with Gasteiger partial charge in [0.15, 0.2) is 5.43 Å². The molecule has 4 N–H and O–H groups in total. The smallest absolute Gasteiger partial charge is 0.336 e. The fourth-order valence-electron chi connectivity index (χ4n) is 4.04. The van der Waals surface area contributed by atoms with Gasteiger partial charge < -0.3 is 25.3 Å². The predicted molar refractivity (Wildman–Crippen MR) is 147 cm³/mol. The van der Waals surface area contributed by atoms with Crippen molar-refractivity contribution < 1.29 is 29.0 Å². The molecule has 2 amide bonds. The topological polar surface area (TPSA) is 146 Å². The first kappa shape index (κ1) is 26.7. The third-order valence-electron chi connectivity index (χ3n) is 5.76. The van der Waals surface area contributed by atoms with Crippen LogP contribution in [-0.4, -0.2) is 46.0 Å². The second-order valence-electron chi connectivity index (χ2n) is 8.58. The van der Waals surface area contributed by atoms with Crippen molar-refractivity contribution in [1.82, 2.24) is 5.32 Å². The van der Waals surface area contributed by atoms with Gasteiger partial charge in [-0.2, -0.15) is 11.8 Å². The lowest BCUT2D eigenvalue weighted by molar-refractivity contribution is -0.120. The molecule has 0 radical (unpaired) electrons. The molecule has 196 valence electrons. The number of carbonyl (C=O) groups is 3. The number of amides is 2. The Morgan fingerprint density at radius 1 is 0.974 bits per heavy atom. The second-order valence-corrected chi connectivity index (χ2v) is 9.69. The minimum atomic E-state index is -1.17. The van der Waals surface area contributed by atoms with E-state index in [9.17, 15) is 29.4 Å². The normalized spacial score (nSPS) is 11.0. The number of thioether (sulfide) groups is 1. The van der Waals surface area contributed by atoms with Crippen molar-refractivity contribution in [1.29, 1.82) is 0 Å². The van der Waals surface area contributed by atoms with Crippen LogP contribution in [0, 0.1) is 0 Å². The van der Waals surface area contributed by atoms with Gasteiger partial charge in [-0.05, 0) is 54.4 Å². The Kier molecular flexibility index (Phi) is 8.32. The second kappa shape index (κ2) is 11.8. The van der Waals surface area contributed by atoms with Crippen LogP contribution < -0.4 is 16.1 Å². The lowest BCUT2D eigenvalue weighted by Crippen LogP contribution is -2.24. The molecule has 2 aromatic carbocycles. The van der Waals surface area contributed by atoms with Gasteiger partial charge in [0.25, 0.3) is 0 Å². The number of aromatic hydroxyl groups is 1. The van der Waals surface area contributed by atoms with Crippen molar-refractivity contribution in [2.75, 3.05) is 23.4 Å². The summed E-state index contributed by atoms with van der Waals surface area (Å²) in [4.78, 5) is 48.4. The highest BCUT2D eigenvalue weighted by Gasteiger charge is 2.22. The van der Waals surface area contributed by atoms with Gasteiger partial charge in [0.1, 0.15) is 17.1 Å². The molecule has 0 saturated heterocycles. The van der Waals surface area contributed by atoms with E-state index in [1.807, 2.05) is 6.92 Å². The molecule has 10 heteroatoms. The summed E-state index contributed by atoms with van der Waals surface area (Å²) >= 11 is 1.32. The molecule has 0 fully saturated rings. The summed E-state index contributed by atoms with van der Waals surface area (Å²) in [5, 5.41) is 26.0. The number of carbonyl (C=O) groups excluding carboxylic acids is 2. The van der Waals surface area contributed by atoms with E-state index >= 15 is 0 Å². The van der Waals surface area contributed by atoms with Crippen LogP contribution in [0.1, 0.15) is 30.1 Å². The molecule has 0 spiro atoms. The molecule has 9 nitrogen and oxygen atoms in total. The van der Waals surface area contributed by atoms with Gasteiger partial charge in [-0.3, -0.25) is 14.4 Å². The standard InChI is InChI=1S/C28H26N2O7S/c1-2-10-29-25(33)9-11-38-15-26(34)30-16-3-6-19(28(35)36)22(12-16)27-20-7-4-17(31)13-23(20)37-24-14-18(32)5-8-21(24)27/h3-8,12-14,31H,2,9-11,15H2,1H3,(H,29,33)(H,30,34)(H,35,36). The zero-order valence-electron chi connectivity index (χ0n) is 20.6. The van der Waals surface area contributed by atoms with Crippen LogP contribution >= 0.6 is 11.8 Å². The highest BCUT2D eigenvalue weighted by molar-refractivity contribution is 7.99. The first-order valence-electron chi connectivity index (χ1n) is 12.0. The summed E-state index contributed by atoms with van der Waals surface area (Å²) in [5.41, 5.74) is 1.66. The van der Waals surface area contributed by atoms with Crippen LogP contribution in [0.5, 0.6) is 5.75 Å². The average Bonchev–Trinajstić information content (AvgIpc) is 2.88. The van der Waals surface area contributed by atoms with Crippen LogP contribution in [0.3, 0.4) is 0 Å². The number of hydrogen-bond acceptors (Lipinski definition) is 7. The highest BCUT2D eigenvalue weighted by Crippen LogP contribution is 2.42. The van der Waals surface area contributed by atoms with E-state index in [0.717, 1.165) is 6.42 Å². The molecule has 38 heavy (non-hydrogen) atoms. The first-order valence-corrected chi connectivity index (χ1v) is 13.1. The van der Waals surface area contributed by atoms with Gasteiger partial charge in [-0.15, -0.1) is 0 Å². The maximum atomic E-state index is 12.6. The Balaban J connectivity index is 1.66. The highest BCUT2D eigenvalue weighted by atomic mass is 32.2. The number of nitrogens with one attached hydrogen (secondary N) is 2. The van der Waals surface area contributed by atoms with Crippen LogP contribution in [0.2, 0.25) is 0 Å². The molecule has 2 aliphatic rings. The number of phenols is 1. The van der Waals surface area contributed by atoms with Crippen molar-refractivity contribution in [2.45, 2.75) is 19.8 Å². The molecule has 0 saturated carbocycles. The lowest BCUT2D eigenvalue weighted by Gasteiger charge is -2.17. The summed E-state index contributed by atoms with van der Waals surface area (Å²) in [7, 11) is 0. The van der Waals surface area contributed by atoms with E-state index in [1.165, 1.54) is 48.2 Å². The Morgan fingerprint density at radius 3 is 2.55 bits per heavy atom. The molecule has 0 aromatic heterocycles. The maximum absolute atomic E-state index is 12.6. The number of carboxylic acid groups (broad SMARTS) is 1. The number of fused-ring (bicyclic) bond motifs is 2. The third-order valence-corrected chi connectivity index (χ3v) is 6.72. The zero-order chi connectivity index (χ0) is 27.2. The summed E-state index contributed by atoms with van der Waals surface area (Å²) in [6.07, 6.45) is 1.17. The molecular formula is C28H26N2O7S. The number of benzene rings is 3. The minimum absolute atomic E-state index is 0.0106. The summed E-state index contributed by atoms with van der Waals surface area (Å²) in [5.74, 6) is -0.724. The Morgan fingerprint density at radius 2 is 1.79 bits per heavy atom. The molecule has 1 aliphatic carbocycles. The maximum Gasteiger partial charge on any atom is 0.336 e. The number of hydrogen-bond donors (Lipinski definition) is 4. The van der Waals surface area contributed by atoms with Gasteiger partial charge in [-0.25, -0.2) is 4.79 Å². The van der Waals surface area contributed by atoms with E-state index in [-0.39, 0.29) is 45.7 Å². The van der Waals surface area contributed by atoms with Crippen LogP contribution in [0.25, 0.3) is 33.4 Å². The first-order chi connectivity index (χ1) is 18.3. The van der Waals surface area contributed by atoms with E-state index in [1.54, 1.807) is 18.2 Å². The third kappa shape index (κ3) is 6.15. The fraction of sp³-hybridized carbons (Fsp3) is 0.214. The molecule has 0 unspecified atom stereocenters. The van der Waals surface area contributed by atoms with Gasteiger partial charge >= 0.3 is 5.97 Å². The number of aromatic carboxylic acids is 1. The largest absolute Gasteiger partial charge is 0.508 e. The van der Waals surface area contributed by atoms with Crippen molar-refractivity contribution in [3.05, 3.63) is 70.4 Å². The van der Waals surface area contributed by atoms with Crippen LogP contribution in [-0.2, 0) is 9.59 Å². The van der Waals surface area contributed by atoms with Gasteiger partial charge in [0.2, 0.25) is 11.8 Å². The molecular weight excluding hydrogens is 508 g/mol. The quantitative estimate of drug-likeness (QED) is 0.171. The number of rotatable bonds is 10. The number of phenolic OH excluding ortho intramolecular Hbond substituents is 1. The van der Waals surface area contributed by atoms with Crippen LogP contribution in [0.4, 0.5) is 5.69 Å². The fourth-order valence-corrected chi connectivity index (χ4v) is 4.78. The summed E-state index contributed by atoms with van der Waals surface area (Å²) in [6, 6.07) is 13.2. The lowest BCUT2D eigenvalue weighted by atomic mass is 9.90. The van der Waals surface area contributed by atoms with Gasteiger partial charge in [0.05, 0.1) is 11.3 Å².